The third kappa shape index (κ3) is 5.09. The SMILES string of the molecule is N#Cc1c(-n2c3ccccc3c3ccccc32)c(-n2c3ccccc3c3ccc4oc5ccccc5c4c32)c(-n2c3ccccc3c3ccccc32)c(C#N)c1-n1c2ccccc2c2ccc3oc4ccccc4c3c21. The maximum atomic E-state index is 12.7. The first kappa shape index (κ1) is 40.8. The average molecular weight is 969 g/mol. The van der Waals surface area contributed by atoms with Gasteiger partial charge in [0, 0.05) is 53.9 Å². The van der Waals surface area contributed by atoms with E-state index < -0.39 is 0 Å². The van der Waals surface area contributed by atoms with Crippen LogP contribution in [-0.2, 0) is 0 Å². The zero-order valence-electron chi connectivity index (χ0n) is 40.3. The van der Waals surface area contributed by atoms with Gasteiger partial charge in [-0.15, -0.1) is 0 Å². The van der Waals surface area contributed by atoms with Crippen molar-refractivity contribution in [3.8, 4) is 34.9 Å². The number of nitrogens with zero attached hydrogens (tertiary/aromatic N) is 6. The molecule has 350 valence electrons. The van der Waals surface area contributed by atoms with E-state index in [9.17, 15) is 10.5 Å². The Hall–Kier alpha value is -10.8. The molecule has 0 amide bonds. The molecule has 0 bridgehead atoms. The van der Waals surface area contributed by atoms with Crippen molar-refractivity contribution in [2.75, 3.05) is 0 Å². The van der Waals surface area contributed by atoms with Gasteiger partial charge in [-0.3, -0.25) is 0 Å². The van der Waals surface area contributed by atoms with Gasteiger partial charge >= 0.3 is 0 Å². The van der Waals surface area contributed by atoms with Gasteiger partial charge in [-0.1, -0.05) is 146 Å². The van der Waals surface area contributed by atoms with Crippen molar-refractivity contribution < 1.29 is 8.83 Å². The average Bonchev–Trinajstić information content (AvgIpc) is 4.43. The number of nitriles is 2. The number of fused-ring (bicyclic) bond motifs is 20. The second-order valence-corrected chi connectivity index (χ2v) is 19.7. The van der Waals surface area contributed by atoms with Gasteiger partial charge in [0.05, 0.1) is 77.7 Å². The Morgan fingerprint density at radius 2 is 0.539 bits per heavy atom. The van der Waals surface area contributed by atoms with Crippen LogP contribution in [0.25, 0.3) is 154 Å². The van der Waals surface area contributed by atoms with Gasteiger partial charge in [0.15, 0.2) is 0 Å². The van der Waals surface area contributed by atoms with E-state index in [2.05, 4.69) is 206 Å². The van der Waals surface area contributed by atoms with Crippen LogP contribution >= 0.6 is 0 Å². The van der Waals surface area contributed by atoms with Crippen LogP contribution in [-0.4, -0.2) is 18.3 Å². The molecule has 0 fully saturated rings. The molecule has 17 aromatic rings. The molecule has 0 unspecified atom stereocenters. The standard InChI is InChI=1S/C68H36N6O2/c69-37-49-63(73-55-29-13-5-21-43(55)45-33-35-59-61(64(45)73)47-23-7-15-31-57(47)75-59)50(38-70)67(72-53-27-11-3-19-41(53)42-20-4-12-28-54(42)72)68(66(49)71-51-25-9-1-17-39(51)40-18-2-10-26-52(40)71)74-56-30-14-6-22-44(56)46-34-36-60-62(65(46)74)48-24-8-16-32-58(48)76-60/h1-36H. The van der Waals surface area contributed by atoms with Gasteiger partial charge in [-0.05, 0) is 72.8 Å². The number of aromatic nitrogens is 4. The van der Waals surface area contributed by atoms with Crippen LogP contribution in [0, 0.1) is 22.7 Å². The minimum atomic E-state index is 0.324. The summed E-state index contributed by atoms with van der Waals surface area (Å²) in [6, 6.07) is 81.1. The van der Waals surface area contributed by atoms with Gasteiger partial charge in [-0.2, -0.15) is 10.5 Å². The van der Waals surface area contributed by atoms with Crippen molar-refractivity contribution >= 4 is 131 Å². The Kier molecular flexibility index (Phi) is 7.99. The molecule has 6 heterocycles. The van der Waals surface area contributed by atoms with E-state index in [1.807, 2.05) is 42.5 Å². The Morgan fingerprint density at radius 3 is 0.895 bits per heavy atom. The zero-order chi connectivity index (χ0) is 49.9. The van der Waals surface area contributed by atoms with Gasteiger partial charge in [0.25, 0.3) is 0 Å². The monoisotopic (exact) mass is 968 g/mol. The van der Waals surface area contributed by atoms with Crippen LogP contribution in [0.15, 0.2) is 227 Å². The number of rotatable bonds is 4. The maximum absolute atomic E-state index is 12.7. The third-order valence-electron chi connectivity index (χ3n) is 16.0. The van der Waals surface area contributed by atoms with Crippen molar-refractivity contribution in [3.05, 3.63) is 230 Å². The number of benzene rings is 11. The van der Waals surface area contributed by atoms with Gasteiger partial charge < -0.3 is 27.1 Å². The molecule has 17 rings (SSSR count). The molecule has 0 spiro atoms. The van der Waals surface area contributed by atoms with Gasteiger partial charge in [0.1, 0.15) is 45.6 Å². The van der Waals surface area contributed by atoms with Crippen LogP contribution in [0.2, 0.25) is 0 Å². The van der Waals surface area contributed by atoms with Crippen LogP contribution in [0.3, 0.4) is 0 Å². The summed E-state index contributed by atoms with van der Waals surface area (Å²) < 4.78 is 22.5. The van der Waals surface area contributed by atoms with E-state index >= 15 is 0 Å². The quantitative estimate of drug-likeness (QED) is 0.176. The van der Waals surface area contributed by atoms with Crippen molar-refractivity contribution in [1.82, 2.24) is 18.3 Å². The van der Waals surface area contributed by atoms with Gasteiger partial charge in [-0.25, -0.2) is 0 Å². The lowest BCUT2D eigenvalue weighted by Gasteiger charge is -2.27. The molecule has 0 aliphatic heterocycles. The van der Waals surface area contributed by atoms with Crippen molar-refractivity contribution in [2.24, 2.45) is 0 Å². The Labute approximate surface area is 431 Å². The third-order valence-corrected chi connectivity index (χ3v) is 16.0. The number of hydrogen-bond donors (Lipinski definition) is 0. The van der Waals surface area contributed by atoms with E-state index in [0.29, 0.717) is 39.5 Å². The number of para-hydroxylation sites is 8. The summed E-state index contributed by atoms with van der Waals surface area (Å²) in [5, 5.41) is 37.3. The highest BCUT2D eigenvalue weighted by molar-refractivity contribution is 6.27. The van der Waals surface area contributed by atoms with E-state index in [1.165, 1.54) is 0 Å². The minimum Gasteiger partial charge on any atom is -0.456 e. The molecular weight excluding hydrogens is 933 g/mol. The normalized spacial score (nSPS) is 12.2. The smallest absolute Gasteiger partial charge is 0.137 e. The molecule has 0 aliphatic carbocycles. The number of hydrogen-bond acceptors (Lipinski definition) is 4. The molecule has 0 radical (unpaired) electrons. The predicted molar refractivity (Wildman–Crippen MR) is 308 cm³/mol. The summed E-state index contributed by atoms with van der Waals surface area (Å²) in [5.74, 6) is 0. The second-order valence-electron chi connectivity index (χ2n) is 19.7. The van der Waals surface area contributed by atoms with Crippen molar-refractivity contribution in [3.63, 3.8) is 0 Å². The summed E-state index contributed by atoms with van der Waals surface area (Å²) in [4.78, 5) is 0. The maximum Gasteiger partial charge on any atom is 0.137 e. The summed E-state index contributed by atoms with van der Waals surface area (Å²) in [7, 11) is 0. The predicted octanol–water partition coefficient (Wildman–Crippen LogP) is 17.6. The summed E-state index contributed by atoms with van der Waals surface area (Å²) in [5.41, 5.74) is 13.1. The lowest BCUT2D eigenvalue weighted by molar-refractivity contribution is 0.669. The lowest BCUT2D eigenvalue weighted by Crippen LogP contribution is -2.17. The van der Waals surface area contributed by atoms with Crippen LogP contribution < -0.4 is 0 Å². The molecule has 0 saturated carbocycles. The topological polar surface area (TPSA) is 93.6 Å². The molecule has 0 aliphatic rings. The first-order chi connectivity index (χ1) is 37.7. The highest BCUT2D eigenvalue weighted by Crippen LogP contribution is 2.51. The first-order valence-electron chi connectivity index (χ1n) is 25.4. The van der Waals surface area contributed by atoms with E-state index in [-0.39, 0.29) is 0 Å². The van der Waals surface area contributed by atoms with Crippen LogP contribution in [0.4, 0.5) is 0 Å². The summed E-state index contributed by atoms with van der Waals surface area (Å²) in [6.45, 7) is 0. The minimum absolute atomic E-state index is 0.324. The van der Waals surface area contributed by atoms with E-state index in [1.54, 1.807) is 0 Å². The molecular formula is C68H36N6O2. The fraction of sp³-hybridized carbons (Fsp3) is 0. The fourth-order valence-electron chi connectivity index (χ4n) is 13.1. The molecule has 11 aromatic carbocycles. The molecule has 0 atom stereocenters. The van der Waals surface area contributed by atoms with E-state index in [4.69, 9.17) is 8.83 Å². The molecule has 8 heteroatoms. The molecule has 76 heavy (non-hydrogen) atoms. The summed E-state index contributed by atoms with van der Waals surface area (Å²) in [6.07, 6.45) is 0. The fourth-order valence-corrected chi connectivity index (χ4v) is 13.1. The van der Waals surface area contributed by atoms with E-state index in [0.717, 1.165) is 126 Å². The highest BCUT2D eigenvalue weighted by Gasteiger charge is 2.35. The van der Waals surface area contributed by atoms with Gasteiger partial charge in [0.2, 0.25) is 0 Å². The largest absolute Gasteiger partial charge is 0.456 e. The van der Waals surface area contributed by atoms with Crippen molar-refractivity contribution in [2.45, 2.75) is 0 Å². The first-order valence-corrected chi connectivity index (χ1v) is 25.4. The molecule has 8 nitrogen and oxygen atoms in total. The summed E-state index contributed by atoms with van der Waals surface area (Å²) >= 11 is 0. The Balaban J connectivity index is 1.23. The second kappa shape index (κ2) is 14.9. The lowest BCUT2D eigenvalue weighted by atomic mass is 9.98. The molecule has 6 aromatic heterocycles. The number of furan rings is 2. The van der Waals surface area contributed by atoms with Crippen LogP contribution in [0.5, 0.6) is 0 Å². The zero-order valence-corrected chi connectivity index (χ0v) is 40.3. The Morgan fingerprint density at radius 1 is 0.250 bits per heavy atom. The molecule has 0 N–H and O–H groups in total. The van der Waals surface area contributed by atoms with Crippen LogP contribution in [0.1, 0.15) is 11.1 Å². The highest BCUT2D eigenvalue weighted by atomic mass is 16.3. The molecule has 0 saturated heterocycles. The van der Waals surface area contributed by atoms with Crippen molar-refractivity contribution in [1.29, 1.82) is 10.5 Å². The Bertz CT molecular complexity index is 5260.